The van der Waals surface area contributed by atoms with Crippen LogP contribution in [0.3, 0.4) is 0 Å². The zero-order valence-electron chi connectivity index (χ0n) is 11.6. The van der Waals surface area contributed by atoms with Crippen LogP contribution in [0.25, 0.3) is 0 Å². The summed E-state index contributed by atoms with van der Waals surface area (Å²) in [6.45, 7) is 0. The van der Waals surface area contributed by atoms with Gasteiger partial charge in [0.15, 0.2) is 0 Å². The van der Waals surface area contributed by atoms with Crippen LogP contribution in [0.4, 0.5) is 30.4 Å². The van der Waals surface area contributed by atoms with E-state index in [1.54, 1.807) is 0 Å². The van der Waals surface area contributed by atoms with E-state index >= 15 is 0 Å². The van der Waals surface area contributed by atoms with E-state index in [4.69, 9.17) is 11.6 Å². The number of alkyl halides is 3. The second-order valence-corrected chi connectivity index (χ2v) is 6.78. The Morgan fingerprint density at radius 3 is 2.39 bits per heavy atom. The van der Waals surface area contributed by atoms with Crippen molar-refractivity contribution < 1.29 is 21.6 Å². The maximum absolute atomic E-state index is 12.7. The number of benzene rings is 1. The zero-order valence-corrected chi connectivity index (χ0v) is 13.2. The summed E-state index contributed by atoms with van der Waals surface area (Å²) in [5.74, 6) is 0.213. The molecule has 0 unspecified atom stereocenters. The number of nitrogens with zero attached hydrogens (tertiary/aromatic N) is 1. The molecular weight excluding hydrogens is 355 g/mol. The molecule has 1 heterocycles. The Labute approximate surface area is 135 Å². The molecule has 124 valence electrons. The van der Waals surface area contributed by atoms with Crippen molar-refractivity contribution in [1.82, 2.24) is 4.98 Å². The minimum absolute atomic E-state index is 0.0396. The van der Waals surface area contributed by atoms with Crippen LogP contribution in [-0.2, 0) is 16.2 Å². The van der Waals surface area contributed by atoms with Crippen LogP contribution >= 0.6 is 11.6 Å². The van der Waals surface area contributed by atoms with E-state index in [0.717, 1.165) is 24.5 Å². The van der Waals surface area contributed by atoms with Crippen LogP contribution in [0.2, 0.25) is 5.02 Å². The summed E-state index contributed by atoms with van der Waals surface area (Å²) in [4.78, 5) is 3.91. The SMILES string of the molecule is CS(=O)(=O)Nc1ccc(Nc2cc(C(F)(F)F)ccc2Cl)nc1. The fourth-order valence-corrected chi connectivity index (χ4v) is 2.39. The van der Waals surface area contributed by atoms with Crippen LogP contribution in [0.5, 0.6) is 0 Å². The number of pyridine rings is 1. The van der Waals surface area contributed by atoms with E-state index in [9.17, 15) is 21.6 Å². The van der Waals surface area contributed by atoms with Crippen molar-refractivity contribution in [3.8, 4) is 0 Å². The predicted octanol–water partition coefficient (Wildman–Crippen LogP) is 3.87. The summed E-state index contributed by atoms with van der Waals surface area (Å²) < 4.78 is 62.5. The topological polar surface area (TPSA) is 71.1 Å². The standard InChI is InChI=1S/C13H11ClF3N3O2S/c1-23(21,22)20-9-3-5-12(18-7-9)19-11-6-8(13(15,16)17)2-4-10(11)14/h2-7,20H,1H3,(H,18,19). The lowest BCUT2D eigenvalue weighted by molar-refractivity contribution is -0.137. The van der Waals surface area contributed by atoms with E-state index in [0.29, 0.717) is 0 Å². The molecule has 0 fully saturated rings. The molecule has 0 aliphatic rings. The first-order chi connectivity index (χ1) is 10.5. The maximum Gasteiger partial charge on any atom is 0.416 e. The Balaban J connectivity index is 2.22. The summed E-state index contributed by atoms with van der Waals surface area (Å²) in [6.07, 6.45) is -2.27. The Kier molecular flexibility index (Phi) is 4.71. The van der Waals surface area contributed by atoms with Crippen molar-refractivity contribution in [2.24, 2.45) is 0 Å². The van der Waals surface area contributed by atoms with Gasteiger partial charge in [0, 0.05) is 0 Å². The Hall–Kier alpha value is -2.00. The monoisotopic (exact) mass is 365 g/mol. The average molecular weight is 366 g/mol. The van der Waals surface area contributed by atoms with Crippen LogP contribution in [0, 0.1) is 0 Å². The van der Waals surface area contributed by atoms with E-state index in [1.807, 2.05) is 0 Å². The summed E-state index contributed by atoms with van der Waals surface area (Å²) in [5, 5.41) is 2.75. The van der Waals surface area contributed by atoms with E-state index in [1.165, 1.54) is 18.3 Å². The second kappa shape index (κ2) is 6.25. The Bertz CT molecular complexity index is 808. The molecule has 23 heavy (non-hydrogen) atoms. The van der Waals surface area contributed by atoms with Gasteiger partial charge in [-0.3, -0.25) is 4.72 Å². The molecule has 2 rings (SSSR count). The summed E-state index contributed by atoms with van der Waals surface area (Å²) in [6, 6.07) is 5.70. The van der Waals surface area contributed by atoms with Gasteiger partial charge in [0.05, 0.1) is 34.4 Å². The largest absolute Gasteiger partial charge is 0.416 e. The smallest absolute Gasteiger partial charge is 0.339 e. The number of hydrogen-bond acceptors (Lipinski definition) is 4. The first-order valence-electron chi connectivity index (χ1n) is 6.12. The maximum atomic E-state index is 12.7. The highest BCUT2D eigenvalue weighted by Gasteiger charge is 2.31. The van der Waals surface area contributed by atoms with Gasteiger partial charge >= 0.3 is 6.18 Å². The summed E-state index contributed by atoms with van der Waals surface area (Å²) >= 11 is 5.87. The first kappa shape index (κ1) is 17.4. The van der Waals surface area contributed by atoms with Crippen LogP contribution in [-0.4, -0.2) is 19.7 Å². The van der Waals surface area contributed by atoms with Gasteiger partial charge in [-0.1, -0.05) is 11.6 Å². The molecule has 0 radical (unpaired) electrons. The van der Waals surface area contributed by atoms with Crippen molar-refractivity contribution in [3.05, 3.63) is 47.1 Å². The average Bonchev–Trinajstić information content (AvgIpc) is 2.40. The first-order valence-corrected chi connectivity index (χ1v) is 8.39. The molecule has 0 bridgehead atoms. The third-order valence-corrected chi connectivity index (χ3v) is 3.56. The van der Waals surface area contributed by atoms with Gasteiger partial charge in [-0.2, -0.15) is 13.2 Å². The molecule has 0 aliphatic heterocycles. The molecule has 1 aromatic heterocycles. The fourth-order valence-electron chi connectivity index (χ4n) is 1.68. The Morgan fingerprint density at radius 1 is 1.17 bits per heavy atom. The van der Waals surface area contributed by atoms with Gasteiger partial charge < -0.3 is 5.32 Å². The zero-order chi connectivity index (χ0) is 17.3. The molecule has 1 aromatic carbocycles. The van der Waals surface area contributed by atoms with Gasteiger partial charge in [0.2, 0.25) is 10.0 Å². The lowest BCUT2D eigenvalue weighted by atomic mass is 10.2. The van der Waals surface area contributed by atoms with Gasteiger partial charge in [-0.15, -0.1) is 0 Å². The summed E-state index contributed by atoms with van der Waals surface area (Å²) in [5.41, 5.74) is -0.578. The molecule has 0 spiro atoms. The highest BCUT2D eigenvalue weighted by Crippen LogP contribution is 2.34. The number of sulfonamides is 1. The number of rotatable bonds is 4. The van der Waals surface area contributed by atoms with E-state index in [-0.39, 0.29) is 22.2 Å². The van der Waals surface area contributed by atoms with Gasteiger partial charge in [-0.05, 0) is 30.3 Å². The van der Waals surface area contributed by atoms with Gasteiger partial charge in [-0.25, -0.2) is 13.4 Å². The van der Waals surface area contributed by atoms with Crippen LogP contribution in [0.15, 0.2) is 36.5 Å². The number of aromatic nitrogens is 1. The van der Waals surface area contributed by atoms with Crippen molar-refractivity contribution in [1.29, 1.82) is 0 Å². The normalized spacial score (nSPS) is 12.0. The molecule has 2 N–H and O–H groups in total. The molecule has 0 saturated carbocycles. The predicted molar refractivity (Wildman–Crippen MR) is 82.4 cm³/mol. The van der Waals surface area contributed by atoms with Gasteiger partial charge in [0.1, 0.15) is 5.82 Å². The quantitative estimate of drug-likeness (QED) is 0.862. The van der Waals surface area contributed by atoms with Crippen molar-refractivity contribution in [2.75, 3.05) is 16.3 Å². The molecular formula is C13H11ClF3N3O2S. The lowest BCUT2D eigenvalue weighted by Gasteiger charge is -2.12. The van der Waals surface area contributed by atoms with E-state index < -0.39 is 21.8 Å². The molecule has 0 atom stereocenters. The van der Waals surface area contributed by atoms with Crippen molar-refractivity contribution in [3.63, 3.8) is 0 Å². The number of hydrogen-bond donors (Lipinski definition) is 2. The minimum Gasteiger partial charge on any atom is -0.339 e. The molecule has 0 amide bonds. The molecule has 5 nitrogen and oxygen atoms in total. The van der Waals surface area contributed by atoms with Crippen molar-refractivity contribution in [2.45, 2.75) is 6.18 Å². The Morgan fingerprint density at radius 2 is 1.87 bits per heavy atom. The molecule has 2 aromatic rings. The fraction of sp³-hybridized carbons (Fsp3) is 0.154. The lowest BCUT2D eigenvalue weighted by Crippen LogP contribution is -2.09. The number of nitrogens with one attached hydrogen (secondary N) is 2. The minimum atomic E-state index is -4.49. The third kappa shape index (κ3) is 5.00. The van der Waals surface area contributed by atoms with Crippen molar-refractivity contribution >= 4 is 38.8 Å². The van der Waals surface area contributed by atoms with Crippen LogP contribution < -0.4 is 10.0 Å². The highest BCUT2D eigenvalue weighted by molar-refractivity contribution is 7.92. The van der Waals surface area contributed by atoms with Gasteiger partial charge in [0.25, 0.3) is 0 Å². The van der Waals surface area contributed by atoms with Crippen LogP contribution in [0.1, 0.15) is 5.56 Å². The highest BCUT2D eigenvalue weighted by atomic mass is 35.5. The second-order valence-electron chi connectivity index (χ2n) is 4.62. The van der Waals surface area contributed by atoms with E-state index in [2.05, 4.69) is 15.0 Å². The summed E-state index contributed by atoms with van der Waals surface area (Å²) in [7, 11) is -3.43. The third-order valence-electron chi connectivity index (χ3n) is 2.62. The molecule has 10 heteroatoms. The molecule has 0 aliphatic carbocycles. The number of halogens is 4. The number of anilines is 3. The molecule has 0 saturated heterocycles.